The number of likely N-dealkylation sites (tertiary alicyclic amines) is 1. The molecule has 1 amide bonds. The summed E-state index contributed by atoms with van der Waals surface area (Å²) in [7, 11) is 0. The largest absolute Gasteiger partial charge is 0.444 e. The number of benzene rings is 1. The van der Waals surface area contributed by atoms with Crippen LogP contribution in [-0.2, 0) is 11.2 Å². The number of carbonyl (C=O) groups excluding carboxylic acids is 1. The summed E-state index contributed by atoms with van der Waals surface area (Å²) < 4.78 is 5.40. The molecular weight excluding hydrogens is 240 g/mol. The summed E-state index contributed by atoms with van der Waals surface area (Å²) in [5, 5.41) is 0. The van der Waals surface area contributed by atoms with E-state index < -0.39 is 5.60 Å². The third kappa shape index (κ3) is 3.63. The molecule has 1 aromatic carbocycles. The smallest absolute Gasteiger partial charge is 0.410 e. The number of nitrogens with two attached hydrogens (primary N) is 1. The van der Waals surface area contributed by atoms with Gasteiger partial charge in [0.25, 0.3) is 0 Å². The molecule has 1 aromatic rings. The van der Waals surface area contributed by atoms with Crippen LogP contribution in [0.2, 0.25) is 0 Å². The van der Waals surface area contributed by atoms with Gasteiger partial charge in [-0.1, -0.05) is 12.1 Å². The van der Waals surface area contributed by atoms with E-state index in [1.165, 1.54) is 5.56 Å². The predicted octanol–water partition coefficient (Wildman–Crippen LogP) is 2.82. The summed E-state index contributed by atoms with van der Waals surface area (Å²) >= 11 is 0. The van der Waals surface area contributed by atoms with Gasteiger partial charge in [-0.2, -0.15) is 0 Å². The number of amides is 1. The molecule has 0 saturated carbocycles. The van der Waals surface area contributed by atoms with Crippen molar-refractivity contribution in [1.82, 2.24) is 4.90 Å². The third-order valence-corrected chi connectivity index (χ3v) is 3.19. The van der Waals surface area contributed by atoms with E-state index >= 15 is 0 Å². The minimum Gasteiger partial charge on any atom is -0.444 e. The maximum atomic E-state index is 12.0. The van der Waals surface area contributed by atoms with E-state index in [4.69, 9.17) is 10.5 Å². The van der Waals surface area contributed by atoms with Crippen molar-refractivity contribution >= 4 is 11.8 Å². The van der Waals surface area contributed by atoms with E-state index in [-0.39, 0.29) is 12.1 Å². The molecular formula is C15H22N2O2. The molecule has 1 fully saturated rings. The normalized spacial score (nSPS) is 18.9. The maximum absolute atomic E-state index is 12.0. The minimum absolute atomic E-state index is 0.215. The molecule has 1 unspecified atom stereocenters. The zero-order valence-electron chi connectivity index (χ0n) is 11.8. The van der Waals surface area contributed by atoms with Crippen molar-refractivity contribution in [3.05, 3.63) is 29.8 Å². The first-order valence-corrected chi connectivity index (χ1v) is 6.69. The van der Waals surface area contributed by atoms with Crippen LogP contribution in [-0.4, -0.2) is 29.2 Å². The lowest BCUT2D eigenvalue weighted by Gasteiger charge is -2.41. The second kappa shape index (κ2) is 5.11. The van der Waals surface area contributed by atoms with E-state index in [1.54, 1.807) is 4.90 Å². The average molecular weight is 262 g/mol. The van der Waals surface area contributed by atoms with Gasteiger partial charge in [-0.15, -0.1) is 0 Å². The summed E-state index contributed by atoms with van der Waals surface area (Å²) in [6, 6.07) is 8.06. The van der Waals surface area contributed by atoms with Crippen LogP contribution >= 0.6 is 0 Å². The zero-order chi connectivity index (χ0) is 14.0. The number of hydrogen-bond acceptors (Lipinski definition) is 3. The number of ether oxygens (including phenoxy) is 1. The van der Waals surface area contributed by atoms with Gasteiger partial charge in [0.15, 0.2) is 0 Å². The first-order valence-electron chi connectivity index (χ1n) is 6.69. The number of rotatable bonds is 2. The average Bonchev–Trinajstić information content (AvgIpc) is 2.21. The lowest BCUT2D eigenvalue weighted by atomic mass is 9.95. The molecule has 0 bridgehead atoms. The SMILES string of the molecule is CC(C)(C)OC(=O)N1CCC1Cc1cccc(N)c1. The van der Waals surface area contributed by atoms with Crippen LogP contribution in [0.4, 0.5) is 10.5 Å². The van der Waals surface area contributed by atoms with Crippen LogP contribution in [0.15, 0.2) is 24.3 Å². The molecule has 0 radical (unpaired) electrons. The van der Waals surface area contributed by atoms with Crippen LogP contribution in [0.25, 0.3) is 0 Å². The summed E-state index contributed by atoms with van der Waals surface area (Å²) in [5.41, 5.74) is 7.26. The molecule has 0 spiro atoms. The van der Waals surface area contributed by atoms with Gasteiger partial charge in [-0.05, 0) is 51.3 Å². The molecule has 1 heterocycles. The van der Waals surface area contributed by atoms with Gasteiger partial charge in [-0.3, -0.25) is 0 Å². The molecule has 4 heteroatoms. The Morgan fingerprint density at radius 3 is 2.74 bits per heavy atom. The first-order chi connectivity index (χ1) is 8.85. The highest BCUT2D eigenvalue weighted by Crippen LogP contribution is 2.24. The zero-order valence-corrected chi connectivity index (χ0v) is 11.8. The Balaban J connectivity index is 1.94. The van der Waals surface area contributed by atoms with Crippen molar-refractivity contribution < 1.29 is 9.53 Å². The van der Waals surface area contributed by atoms with Gasteiger partial charge < -0.3 is 15.4 Å². The predicted molar refractivity (Wildman–Crippen MR) is 75.9 cm³/mol. The molecule has 0 aromatic heterocycles. The molecule has 1 atom stereocenters. The van der Waals surface area contributed by atoms with Crippen LogP contribution in [0.5, 0.6) is 0 Å². The van der Waals surface area contributed by atoms with Crippen LogP contribution < -0.4 is 5.73 Å². The Labute approximate surface area is 114 Å². The van der Waals surface area contributed by atoms with Crippen molar-refractivity contribution in [2.24, 2.45) is 0 Å². The summed E-state index contributed by atoms with van der Waals surface area (Å²) in [6.45, 7) is 6.44. The molecule has 19 heavy (non-hydrogen) atoms. The van der Waals surface area contributed by atoms with Gasteiger partial charge >= 0.3 is 6.09 Å². The monoisotopic (exact) mass is 262 g/mol. The Morgan fingerprint density at radius 1 is 1.47 bits per heavy atom. The Bertz CT molecular complexity index is 465. The number of carbonyl (C=O) groups is 1. The van der Waals surface area contributed by atoms with E-state index in [1.807, 2.05) is 45.0 Å². The Kier molecular flexibility index (Phi) is 3.69. The first kappa shape index (κ1) is 13.7. The van der Waals surface area contributed by atoms with Gasteiger partial charge in [0.05, 0.1) is 0 Å². The van der Waals surface area contributed by atoms with Crippen molar-refractivity contribution in [1.29, 1.82) is 0 Å². The van der Waals surface area contributed by atoms with Crippen LogP contribution in [0.3, 0.4) is 0 Å². The molecule has 0 aliphatic carbocycles. The highest BCUT2D eigenvalue weighted by atomic mass is 16.6. The van der Waals surface area contributed by atoms with Crippen LogP contribution in [0, 0.1) is 0 Å². The van der Waals surface area contributed by atoms with Crippen molar-refractivity contribution in [2.75, 3.05) is 12.3 Å². The fraction of sp³-hybridized carbons (Fsp3) is 0.533. The number of nitrogens with zero attached hydrogens (tertiary/aromatic N) is 1. The quantitative estimate of drug-likeness (QED) is 0.834. The Morgan fingerprint density at radius 2 is 2.21 bits per heavy atom. The van der Waals surface area contributed by atoms with E-state index in [0.717, 1.165) is 25.1 Å². The number of nitrogen functional groups attached to an aromatic ring is 1. The molecule has 2 rings (SSSR count). The molecule has 1 aliphatic rings. The van der Waals surface area contributed by atoms with E-state index in [0.29, 0.717) is 0 Å². The second-order valence-corrected chi connectivity index (χ2v) is 6.07. The van der Waals surface area contributed by atoms with Gasteiger partial charge in [-0.25, -0.2) is 4.79 Å². The molecule has 4 nitrogen and oxygen atoms in total. The highest BCUT2D eigenvalue weighted by Gasteiger charge is 2.35. The lowest BCUT2D eigenvalue weighted by molar-refractivity contribution is -0.00497. The fourth-order valence-electron chi connectivity index (χ4n) is 2.21. The number of anilines is 1. The summed E-state index contributed by atoms with van der Waals surface area (Å²) in [4.78, 5) is 13.8. The van der Waals surface area contributed by atoms with Crippen molar-refractivity contribution in [3.8, 4) is 0 Å². The standard InChI is InChI=1S/C15H22N2O2/c1-15(2,3)19-14(18)17-8-7-13(17)10-11-5-4-6-12(16)9-11/h4-6,9,13H,7-8,10,16H2,1-3H3. The van der Waals surface area contributed by atoms with Crippen molar-refractivity contribution in [3.63, 3.8) is 0 Å². The third-order valence-electron chi connectivity index (χ3n) is 3.19. The van der Waals surface area contributed by atoms with Gasteiger partial charge in [0.2, 0.25) is 0 Å². The minimum atomic E-state index is -0.436. The topological polar surface area (TPSA) is 55.6 Å². The van der Waals surface area contributed by atoms with Gasteiger partial charge in [0, 0.05) is 18.3 Å². The van der Waals surface area contributed by atoms with Crippen LogP contribution in [0.1, 0.15) is 32.8 Å². The summed E-state index contributed by atoms with van der Waals surface area (Å²) in [5.74, 6) is 0. The lowest BCUT2D eigenvalue weighted by Crippen LogP contribution is -2.53. The number of hydrogen-bond donors (Lipinski definition) is 1. The molecule has 2 N–H and O–H groups in total. The van der Waals surface area contributed by atoms with E-state index in [9.17, 15) is 4.79 Å². The second-order valence-electron chi connectivity index (χ2n) is 6.07. The van der Waals surface area contributed by atoms with E-state index in [2.05, 4.69) is 0 Å². The Hall–Kier alpha value is -1.71. The summed E-state index contributed by atoms with van der Waals surface area (Å²) in [6.07, 6.45) is 1.64. The molecule has 104 valence electrons. The highest BCUT2D eigenvalue weighted by molar-refractivity contribution is 5.69. The van der Waals surface area contributed by atoms with Gasteiger partial charge in [0.1, 0.15) is 5.60 Å². The molecule has 1 saturated heterocycles. The fourth-order valence-corrected chi connectivity index (χ4v) is 2.21. The van der Waals surface area contributed by atoms with Crippen molar-refractivity contribution in [2.45, 2.75) is 45.3 Å². The molecule has 1 aliphatic heterocycles. The maximum Gasteiger partial charge on any atom is 0.410 e.